The Morgan fingerprint density at radius 2 is 1.26 bits per heavy atom. The third kappa shape index (κ3) is 5.93. The smallest absolute Gasteiger partial charge is 0.292 e. The number of hydrogen-bond donors (Lipinski definition) is 2. The summed E-state index contributed by atoms with van der Waals surface area (Å²) in [4.78, 5) is 37.8. The maximum atomic E-state index is 13.6. The first-order chi connectivity index (χ1) is 18.3. The van der Waals surface area contributed by atoms with Crippen molar-refractivity contribution >= 4 is 40.7 Å². The van der Waals surface area contributed by atoms with E-state index < -0.39 is 9.85 Å². The number of carbonyl (C=O) groups excluding carboxylic acids is 1. The molecule has 0 radical (unpaired) electrons. The number of ketones is 1. The van der Waals surface area contributed by atoms with Crippen LogP contribution in [-0.4, -0.2) is 47.7 Å². The Hall–Kier alpha value is -4.83. The van der Waals surface area contributed by atoms with E-state index in [0.717, 1.165) is 5.56 Å². The maximum absolute atomic E-state index is 13.6. The van der Waals surface area contributed by atoms with Gasteiger partial charge in [0, 0.05) is 57.0 Å². The molecule has 10 nitrogen and oxygen atoms in total. The average molecular weight is 514 g/mol. The van der Waals surface area contributed by atoms with Crippen molar-refractivity contribution in [3.05, 3.63) is 115 Å². The van der Waals surface area contributed by atoms with Crippen molar-refractivity contribution in [3.8, 4) is 0 Å². The molecule has 2 N–H and O–H groups in total. The summed E-state index contributed by atoms with van der Waals surface area (Å²) < 4.78 is 0. The number of anilines is 2. The van der Waals surface area contributed by atoms with Crippen LogP contribution in [0.15, 0.2) is 77.9 Å². The number of nitro groups is 2. The molecule has 0 atom stereocenters. The number of Topliss-reactive ketones (excluding diaryl/α,β-unsaturated/α-hetero) is 1. The summed E-state index contributed by atoms with van der Waals surface area (Å²) in [5.41, 5.74) is 3.69. The second-order valence-electron chi connectivity index (χ2n) is 8.87. The molecule has 10 heteroatoms. The van der Waals surface area contributed by atoms with Gasteiger partial charge in [-0.25, -0.2) is 0 Å². The Kier molecular flexibility index (Phi) is 7.93. The van der Waals surface area contributed by atoms with Gasteiger partial charge in [-0.05, 0) is 41.0 Å². The molecular formula is C28H27N5O5. The quantitative estimate of drug-likeness (QED) is 0.241. The van der Waals surface area contributed by atoms with Crippen molar-refractivity contribution < 1.29 is 14.6 Å². The molecule has 1 saturated heterocycles. The molecule has 0 saturated carbocycles. The number of carbonyl (C=O) groups is 1. The third-order valence-electron chi connectivity index (χ3n) is 6.28. The van der Waals surface area contributed by atoms with Gasteiger partial charge in [0.05, 0.1) is 9.85 Å². The minimum atomic E-state index is -0.467. The minimum absolute atomic E-state index is 0.0843. The van der Waals surface area contributed by atoms with E-state index in [9.17, 15) is 25.0 Å². The number of nitro benzene ring substituents is 2. The zero-order valence-corrected chi connectivity index (χ0v) is 21.0. The van der Waals surface area contributed by atoms with Gasteiger partial charge < -0.3 is 10.6 Å². The van der Waals surface area contributed by atoms with Crippen LogP contribution in [0.5, 0.6) is 0 Å². The van der Waals surface area contributed by atoms with E-state index >= 15 is 0 Å². The van der Waals surface area contributed by atoms with E-state index in [1.54, 1.807) is 50.5 Å². The molecule has 0 bridgehead atoms. The number of likely N-dealkylation sites (tertiary alicyclic amines) is 1. The van der Waals surface area contributed by atoms with Crippen molar-refractivity contribution in [3.63, 3.8) is 0 Å². The van der Waals surface area contributed by atoms with E-state index in [0.29, 0.717) is 53.3 Å². The van der Waals surface area contributed by atoms with Crippen LogP contribution >= 0.6 is 0 Å². The molecule has 0 aliphatic carbocycles. The molecule has 4 rings (SSSR count). The first kappa shape index (κ1) is 26.2. The lowest BCUT2D eigenvalue weighted by atomic mass is 9.93. The van der Waals surface area contributed by atoms with Crippen molar-refractivity contribution in [2.24, 2.45) is 0 Å². The zero-order chi connectivity index (χ0) is 27.2. The molecule has 0 aromatic heterocycles. The summed E-state index contributed by atoms with van der Waals surface area (Å²) in [6.45, 7) is 1.29. The molecular weight excluding hydrogens is 486 g/mol. The highest BCUT2D eigenvalue weighted by Crippen LogP contribution is 2.30. The van der Waals surface area contributed by atoms with E-state index in [1.165, 1.54) is 12.1 Å². The molecule has 38 heavy (non-hydrogen) atoms. The Labute approximate surface area is 219 Å². The number of hydrogen-bond acceptors (Lipinski definition) is 8. The van der Waals surface area contributed by atoms with Crippen molar-refractivity contribution in [2.45, 2.75) is 6.54 Å². The number of piperidine rings is 1. The van der Waals surface area contributed by atoms with Crippen LogP contribution in [0.3, 0.4) is 0 Å². The zero-order valence-electron chi connectivity index (χ0n) is 21.0. The number of benzene rings is 3. The fraction of sp³-hybridized carbons (Fsp3) is 0.179. The predicted octanol–water partition coefficient (Wildman–Crippen LogP) is 5.14. The predicted molar refractivity (Wildman–Crippen MR) is 148 cm³/mol. The summed E-state index contributed by atoms with van der Waals surface area (Å²) in [5, 5.41) is 28.7. The summed E-state index contributed by atoms with van der Waals surface area (Å²) in [6, 6.07) is 19.4. The molecule has 1 fully saturated rings. The van der Waals surface area contributed by atoms with Crippen molar-refractivity contribution in [1.29, 1.82) is 0 Å². The van der Waals surface area contributed by atoms with Crippen LogP contribution in [0.2, 0.25) is 0 Å². The second kappa shape index (κ2) is 11.5. The van der Waals surface area contributed by atoms with Gasteiger partial charge in [0.25, 0.3) is 11.4 Å². The van der Waals surface area contributed by atoms with Crippen LogP contribution in [0.25, 0.3) is 12.2 Å². The van der Waals surface area contributed by atoms with Crippen molar-refractivity contribution in [2.75, 3.05) is 37.8 Å². The lowest BCUT2D eigenvalue weighted by molar-refractivity contribution is -0.384. The topological polar surface area (TPSA) is 131 Å². The summed E-state index contributed by atoms with van der Waals surface area (Å²) in [7, 11) is 3.22. The Bertz CT molecular complexity index is 1360. The lowest BCUT2D eigenvalue weighted by Crippen LogP contribution is -2.37. The molecule has 0 spiro atoms. The lowest BCUT2D eigenvalue weighted by Gasteiger charge is -2.30. The van der Waals surface area contributed by atoms with Gasteiger partial charge in [0.15, 0.2) is 5.78 Å². The van der Waals surface area contributed by atoms with Crippen LogP contribution in [0.1, 0.15) is 16.7 Å². The van der Waals surface area contributed by atoms with Gasteiger partial charge in [0.2, 0.25) is 0 Å². The minimum Gasteiger partial charge on any atom is -0.383 e. The Morgan fingerprint density at radius 1 is 0.789 bits per heavy atom. The molecule has 3 aromatic rings. The number of rotatable bonds is 8. The van der Waals surface area contributed by atoms with E-state index in [1.807, 2.05) is 30.3 Å². The highest BCUT2D eigenvalue weighted by Gasteiger charge is 2.27. The normalized spacial score (nSPS) is 16.0. The summed E-state index contributed by atoms with van der Waals surface area (Å²) >= 11 is 0. The third-order valence-corrected chi connectivity index (χ3v) is 6.28. The molecule has 194 valence electrons. The average Bonchev–Trinajstić information content (AvgIpc) is 2.91. The first-order valence-electron chi connectivity index (χ1n) is 11.9. The molecule has 0 amide bonds. The highest BCUT2D eigenvalue weighted by atomic mass is 16.6. The number of nitrogens with zero attached hydrogens (tertiary/aromatic N) is 3. The molecule has 1 aliphatic heterocycles. The Balaban J connectivity index is 1.75. The van der Waals surface area contributed by atoms with Gasteiger partial charge in [-0.2, -0.15) is 0 Å². The van der Waals surface area contributed by atoms with Gasteiger partial charge in [-0.3, -0.25) is 29.9 Å². The highest BCUT2D eigenvalue weighted by molar-refractivity contribution is 6.14. The Morgan fingerprint density at radius 3 is 1.68 bits per heavy atom. The van der Waals surface area contributed by atoms with Gasteiger partial charge in [-0.1, -0.05) is 42.5 Å². The van der Waals surface area contributed by atoms with Gasteiger partial charge >= 0.3 is 0 Å². The monoisotopic (exact) mass is 513 g/mol. The van der Waals surface area contributed by atoms with Crippen LogP contribution < -0.4 is 10.6 Å². The fourth-order valence-electron chi connectivity index (χ4n) is 4.47. The van der Waals surface area contributed by atoms with E-state index in [2.05, 4.69) is 15.5 Å². The van der Waals surface area contributed by atoms with Crippen LogP contribution in [-0.2, 0) is 11.3 Å². The summed E-state index contributed by atoms with van der Waals surface area (Å²) in [5.74, 6) is -0.199. The number of nitrogens with one attached hydrogen (secondary N) is 2. The van der Waals surface area contributed by atoms with Crippen LogP contribution in [0, 0.1) is 20.2 Å². The van der Waals surface area contributed by atoms with Gasteiger partial charge in [0.1, 0.15) is 11.4 Å². The van der Waals surface area contributed by atoms with E-state index in [-0.39, 0.29) is 17.2 Å². The molecule has 1 aliphatic rings. The van der Waals surface area contributed by atoms with E-state index in [4.69, 9.17) is 0 Å². The summed E-state index contributed by atoms with van der Waals surface area (Å²) in [6.07, 6.45) is 3.35. The largest absolute Gasteiger partial charge is 0.383 e. The molecule has 1 heterocycles. The van der Waals surface area contributed by atoms with Crippen LogP contribution in [0.4, 0.5) is 22.7 Å². The standard InChI is InChI=1S/C28H27N5O5/c1-29-24-10-8-20(14-26(24)32(35)36)12-22-17-31(16-19-6-4-3-5-7-19)18-23(28(22)34)13-21-9-11-25(30-2)27(15-21)33(37)38/h3-15,29-30H,16-18H2,1-2H3/b22-12+,23-13+. The fourth-order valence-corrected chi connectivity index (χ4v) is 4.47. The maximum Gasteiger partial charge on any atom is 0.292 e. The molecule has 0 unspecified atom stereocenters. The second-order valence-corrected chi connectivity index (χ2v) is 8.87. The van der Waals surface area contributed by atoms with Crippen molar-refractivity contribution in [1.82, 2.24) is 4.90 Å². The first-order valence-corrected chi connectivity index (χ1v) is 11.9. The molecule has 3 aromatic carbocycles. The SMILES string of the molecule is CNc1ccc(/C=C2\CN(Cc3ccccc3)C/C(=C\c3ccc(NC)c([N+](=O)[O-])c3)C2=O)cc1[N+](=O)[O-]. The van der Waals surface area contributed by atoms with Gasteiger partial charge in [-0.15, -0.1) is 0 Å².